The van der Waals surface area contributed by atoms with E-state index in [4.69, 9.17) is 4.74 Å². The van der Waals surface area contributed by atoms with Gasteiger partial charge in [-0.05, 0) is 13.0 Å². The van der Waals surface area contributed by atoms with Crippen molar-refractivity contribution in [1.29, 1.82) is 0 Å². The molecule has 2 aromatic rings. The number of carbonyl (C=O) groups is 1. The molecule has 1 amide bonds. The van der Waals surface area contributed by atoms with Gasteiger partial charge in [0.1, 0.15) is 0 Å². The molecule has 0 N–H and O–H groups in total. The van der Waals surface area contributed by atoms with Crippen LogP contribution in [0.3, 0.4) is 0 Å². The number of morpholine rings is 1. The third-order valence-corrected chi connectivity index (χ3v) is 5.87. The lowest BCUT2D eigenvalue weighted by atomic mass is 10.2. The highest BCUT2D eigenvalue weighted by Gasteiger charge is 2.20. The van der Waals surface area contributed by atoms with E-state index in [1.807, 2.05) is 31.1 Å². The Morgan fingerprint density at radius 1 is 1.32 bits per heavy atom. The first-order valence-corrected chi connectivity index (χ1v) is 9.77. The summed E-state index contributed by atoms with van der Waals surface area (Å²) in [6, 6.07) is 8.68. The largest absolute Gasteiger partial charge is 0.379 e. The van der Waals surface area contributed by atoms with Gasteiger partial charge < -0.3 is 14.2 Å². The van der Waals surface area contributed by atoms with Crippen LogP contribution in [0, 0.1) is 0 Å². The number of ether oxygens (including phenoxy) is 1. The predicted molar refractivity (Wildman–Crippen MR) is 103 cm³/mol. The minimum Gasteiger partial charge on any atom is -0.379 e. The van der Waals surface area contributed by atoms with E-state index in [1.165, 1.54) is 15.8 Å². The van der Waals surface area contributed by atoms with Gasteiger partial charge in [0.2, 0.25) is 5.91 Å². The average Bonchev–Trinajstić information content (AvgIpc) is 2.96. The maximum Gasteiger partial charge on any atom is 0.232 e. The van der Waals surface area contributed by atoms with E-state index in [-0.39, 0.29) is 5.91 Å². The van der Waals surface area contributed by atoms with Crippen LogP contribution in [0.2, 0.25) is 0 Å². The van der Waals surface area contributed by atoms with Gasteiger partial charge in [0.15, 0.2) is 0 Å². The second-order valence-corrected chi connectivity index (χ2v) is 7.70. The van der Waals surface area contributed by atoms with Crippen molar-refractivity contribution in [3.8, 4) is 0 Å². The number of para-hydroxylation sites is 1. The van der Waals surface area contributed by atoms with Crippen LogP contribution in [-0.4, -0.2) is 72.0 Å². The Morgan fingerprint density at radius 2 is 2.04 bits per heavy atom. The molecule has 1 aliphatic rings. The summed E-state index contributed by atoms with van der Waals surface area (Å²) >= 11 is 1.62. The fraction of sp³-hybridized carbons (Fsp3) is 0.526. The third kappa shape index (κ3) is 4.37. The smallest absolute Gasteiger partial charge is 0.232 e. The number of fused-ring (bicyclic) bond motifs is 1. The van der Waals surface area contributed by atoms with Crippen molar-refractivity contribution in [3.05, 3.63) is 30.5 Å². The maximum atomic E-state index is 12.5. The predicted octanol–water partition coefficient (Wildman–Crippen LogP) is 2.45. The van der Waals surface area contributed by atoms with Crippen LogP contribution in [0.1, 0.15) is 6.92 Å². The van der Waals surface area contributed by atoms with E-state index >= 15 is 0 Å². The SMILES string of the molecule is CC(CN(C)C(=O)CSc1cn(C)c2ccccc12)N1CCOCC1. The zero-order valence-electron chi connectivity index (χ0n) is 15.3. The number of amides is 1. The van der Waals surface area contributed by atoms with Crippen LogP contribution in [0.15, 0.2) is 35.4 Å². The fourth-order valence-corrected chi connectivity index (χ4v) is 4.36. The highest BCUT2D eigenvalue weighted by Crippen LogP contribution is 2.29. The summed E-state index contributed by atoms with van der Waals surface area (Å²) in [5.41, 5.74) is 1.20. The van der Waals surface area contributed by atoms with E-state index in [1.54, 1.807) is 11.8 Å². The van der Waals surface area contributed by atoms with Crippen LogP contribution in [0.25, 0.3) is 10.9 Å². The van der Waals surface area contributed by atoms with Crippen molar-refractivity contribution in [3.63, 3.8) is 0 Å². The molecule has 0 radical (unpaired) electrons. The van der Waals surface area contributed by atoms with Crippen molar-refractivity contribution in [1.82, 2.24) is 14.4 Å². The summed E-state index contributed by atoms with van der Waals surface area (Å²) < 4.78 is 7.52. The molecular formula is C19H27N3O2S. The van der Waals surface area contributed by atoms with Gasteiger partial charge in [0.05, 0.1) is 19.0 Å². The quantitative estimate of drug-likeness (QED) is 0.741. The molecule has 2 heterocycles. The number of rotatable bonds is 6. The Morgan fingerprint density at radius 3 is 2.80 bits per heavy atom. The van der Waals surface area contributed by atoms with E-state index in [9.17, 15) is 4.79 Å². The number of carbonyl (C=O) groups excluding carboxylic acids is 1. The van der Waals surface area contributed by atoms with Gasteiger partial charge in [-0.25, -0.2) is 0 Å². The lowest BCUT2D eigenvalue weighted by Gasteiger charge is -2.34. The topological polar surface area (TPSA) is 37.7 Å². The van der Waals surface area contributed by atoms with E-state index in [0.29, 0.717) is 11.8 Å². The number of aryl methyl sites for hydroxylation is 1. The third-order valence-electron chi connectivity index (χ3n) is 4.84. The number of thioether (sulfide) groups is 1. The molecule has 0 saturated carbocycles. The van der Waals surface area contributed by atoms with Gasteiger partial charge in [0.25, 0.3) is 0 Å². The summed E-state index contributed by atoms with van der Waals surface area (Å²) in [4.78, 5) is 18.0. The van der Waals surface area contributed by atoms with E-state index < -0.39 is 0 Å². The summed E-state index contributed by atoms with van der Waals surface area (Å²) in [6.07, 6.45) is 2.11. The van der Waals surface area contributed by atoms with Gasteiger partial charge in [-0.15, -0.1) is 11.8 Å². The molecule has 1 atom stereocenters. The molecule has 0 spiro atoms. The molecule has 5 nitrogen and oxygen atoms in total. The van der Waals surface area contributed by atoms with Crippen LogP contribution in [0.5, 0.6) is 0 Å². The number of aromatic nitrogens is 1. The molecule has 1 unspecified atom stereocenters. The van der Waals surface area contributed by atoms with Gasteiger partial charge in [-0.3, -0.25) is 9.69 Å². The first kappa shape index (κ1) is 18.3. The van der Waals surface area contributed by atoms with E-state index in [2.05, 4.69) is 34.7 Å². The van der Waals surface area contributed by atoms with Crippen LogP contribution in [0.4, 0.5) is 0 Å². The van der Waals surface area contributed by atoms with Crippen molar-refractivity contribution in [2.75, 3.05) is 45.6 Å². The van der Waals surface area contributed by atoms with Crippen LogP contribution in [-0.2, 0) is 16.6 Å². The zero-order chi connectivity index (χ0) is 17.8. The standard InChI is InChI=1S/C19H27N3O2S/c1-15(22-8-10-24-11-9-22)12-21(3)19(23)14-25-18-13-20(2)17-7-5-4-6-16(17)18/h4-7,13,15H,8-12,14H2,1-3H3. The Bertz CT molecular complexity index is 725. The lowest BCUT2D eigenvalue weighted by Crippen LogP contribution is -2.48. The van der Waals surface area contributed by atoms with Crippen molar-refractivity contribution < 1.29 is 9.53 Å². The number of likely N-dealkylation sites (N-methyl/N-ethyl adjacent to an activating group) is 1. The van der Waals surface area contributed by atoms with Gasteiger partial charge in [-0.2, -0.15) is 0 Å². The zero-order valence-corrected chi connectivity index (χ0v) is 16.1. The summed E-state index contributed by atoms with van der Waals surface area (Å²) in [7, 11) is 3.95. The number of hydrogen-bond donors (Lipinski definition) is 0. The molecule has 1 saturated heterocycles. The number of hydrogen-bond acceptors (Lipinski definition) is 4. The Balaban J connectivity index is 1.54. The second kappa shape index (κ2) is 8.25. The number of benzene rings is 1. The summed E-state index contributed by atoms with van der Waals surface area (Å²) in [5.74, 6) is 0.651. The molecule has 1 aromatic carbocycles. The molecule has 1 aliphatic heterocycles. The van der Waals surface area contributed by atoms with Crippen molar-refractivity contribution >= 4 is 28.6 Å². The Kier molecular flexibility index (Phi) is 6.04. The molecule has 6 heteroatoms. The minimum atomic E-state index is 0.179. The monoisotopic (exact) mass is 361 g/mol. The van der Waals surface area contributed by atoms with Crippen molar-refractivity contribution in [2.45, 2.75) is 17.9 Å². The van der Waals surface area contributed by atoms with Crippen LogP contribution >= 0.6 is 11.8 Å². The number of nitrogens with zero attached hydrogens (tertiary/aromatic N) is 3. The lowest BCUT2D eigenvalue weighted by molar-refractivity contribution is -0.128. The highest BCUT2D eigenvalue weighted by molar-refractivity contribution is 8.00. The fourth-order valence-electron chi connectivity index (χ4n) is 3.30. The van der Waals surface area contributed by atoms with Gasteiger partial charge in [-0.1, -0.05) is 18.2 Å². The van der Waals surface area contributed by atoms with Crippen LogP contribution < -0.4 is 0 Å². The Hall–Kier alpha value is -1.50. The first-order valence-electron chi connectivity index (χ1n) is 8.79. The van der Waals surface area contributed by atoms with E-state index in [0.717, 1.165) is 32.8 Å². The normalized spacial score (nSPS) is 16.9. The second-order valence-electron chi connectivity index (χ2n) is 6.68. The molecule has 1 fully saturated rings. The van der Waals surface area contributed by atoms with Gasteiger partial charge in [0, 0.05) is 61.8 Å². The molecule has 1 aromatic heterocycles. The first-order chi connectivity index (χ1) is 12.1. The minimum absolute atomic E-state index is 0.179. The summed E-state index contributed by atoms with van der Waals surface area (Å²) in [6.45, 7) is 6.43. The van der Waals surface area contributed by atoms with Crippen molar-refractivity contribution in [2.24, 2.45) is 7.05 Å². The average molecular weight is 362 g/mol. The molecule has 0 bridgehead atoms. The molecule has 3 rings (SSSR count). The molecule has 136 valence electrons. The molecule has 25 heavy (non-hydrogen) atoms. The maximum absolute atomic E-state index is 12.5. The molecule has 0 aliphatic carbocycles. The Labute approximate surface area is 153 Å². The summed E-state index contributed by atoms with van der Waals surface area (Å²) in [5, 5.41) is 1.21. The highest BCUT2D eigenvalue weighted by atomic mass is 32.2. The molecular weight excluding hydrogens is 334 g/mol. The van der Waals surface area contributed by atoms with Gasteiger partial charge >= 0.3 is 0 Å².